The average Bonchev–Trinajstić information content (AvgIpc) is 2.84. The van der Waals surface area contributed by atoms with Gasteiger partial charge in [-0.3, -0.25) is 4.90 Å². The normalized spacial score (nSPS) is 15.1. The van der Waals surface area contributed by atoms with Crippen LogP contribution in [0.3, 0.4) is 0 Å². The standard InChI is InChI=1S/C27H33N3O2S/c1-4-21-9-15-26(16-10-21)33(31,32)28-19-27(23-11-13-25(14-12-23)29(2)3)30-18-17-22-7-5-6-8-24(22)20-30/h5-16,27-28H,4,17-20H2,1-3H3/t27-/m1/s1. The number of nitrogens with one attached hydrogen (secondary N) is 1. The van der Waals surface area contributed by atoms with Crippen LogP contribution < -0.4 is 9.62 Å². The number of nitrogens with zero attached hydrogens (tertiary/aromatic N) is 2. The molecule has 1 aliphatic rings. The maximum absolute atomic E-state index is 13.1. The van der Waals surface area contributed by atoms with Gasteiger partial charge in [0.2, 0.25) is 10.0 Å². The van der Waals surface area contributed by atoms with Crippen molar-refractivity contribution >= 4 is 15.7 Å². The highest BCUT2D eigenvalue weighted by atomic mass is 32.2. The summed E-state index contributed by atoms with van der Waals surface area (Å²) in [4.78, 5) is 4.76. The van der Waals surface area contributed by atoms with E-state index in [9.17, 15) is 8.42 Å². The van der Waals surface area contributed by atoms with Crippen LogP contribution in [0.2, 0.25) is 0 Å². The highest BCUT2D eigenvalue weighted by molar-refractivity contribution is 7.89. The largest absolute Gasteiger partial charge is 0.378 e. The minimum absolute atomic E-state index is 0.0562. The minimum Gasteiger partial charge on any atom is -0.378 e. The van der Waals surface area contributed by atoms with Gasteiger partial charge in [0, 0.05) is 45.5 Å². The van der Waals surface area contributed by atoms with Crippen LogP contribution >= 0.6 is 0 Å². The Morgan fingerprint density at radius 3 is 2.24 bits per heavy atom. The zero-order chi connectivity index (χ0) is 23.4. The van der Waals surface area contributed by atoms with E-state index in [0.29, 0.717) is 11.4 Å². The second-order valence-electron chi connectivity index (χ2n) is 8.84. The van der Waals surface area contributed by atoms with Crippen LogP contribution in [0.15, 0.2) is 77.7 Å². The summed E-state index contributed by atoms with van der Waals surface area (Å²) in [5.74, 6) is 0. The third kappa shape index (κ3) is 5.46. The van der Waals surface area contributed by atoms with Crippen LogP contribution in [0, 0.1) is 0 Å². The summed E-state index contributed by atoms with van der Waals surface area (Å²) in [5, 5.41) is 0. The number of rotatable bonds is 8. The molecule has 1 aliphatic heterocycles. The molecule has 0 saturated carbocycles. The molecule has 6 heteroatoms. The summed E-state index contributed by atoms with van der Waals surface area (Å²) >= 11 is 0. The van der Waals surface area contributed by atoms with Gasteiger partial charge in [-0.15, -0.1) is 0 Å². The Morgan fingerprint density at radius 1 is 0.939 bits per heavy atom. The molecule has 0 bridgehead atoms. The SMILES string of the molecule is CCc1ccc(S(=O)(=O)NC[C@H](c2ccc(N(C)C)cc2)N2CCc3ccccc3C2)cc1. The van der Waals surface area contributed by atoms with E-state index in [4.69, 9.17) is 0 Å². The van der Waals surface area contributed by atoms with Crippen molar-refractivity contribution in [3.63, 3.8) is 0 Å². The highest BCUT2D eigenvalue weighted by Gasteiger charge is 2.26. The minimum atomic E-state index is -3.59. The topological polar surface area (TPSA) is 52.7 Å². The van der Waals surface area contributed by atoms with Gasteiger partial charge in [0.1, 0.15) is 0 Å². The Labute approximate surface area is 198 Å². The Bertz CT molecular complexity index is 1170. The van der Waals surface area contributed by atoms with Gasteiger partial charge in [-0.1, -0.05) is 55.5 Å². The molecule has 4 rings (SSSR count). The van der Waals surface area contributed by atoms with Gasteiger partial charge >= 0.3 is 0 Å². The molecular formula is C27H33N3O2S. The highest BCUT2D eigenvalue weighted by Crippen LogP contribution is 2.29. The number of benzene rings is 3. The van der Waals surface area contributed by atoms with Crippen LogP contribution in [-0.4, -0.2) is 40.5 Å². The van der Waals surface area contributed by atoms with E-state index in [1.165, 1.54) is 11.1 Å². The van der Waals surface area contributed by atoms with Gasteiger partial charge in [-0.2, -0.15) is 0 Å². The first kappa shape index (κ1) is 23.5. The van der Waals surface area contributed by atoms with Crippen molar-refractivity contribution < 1.29 is 8.42 Å². The molecule has 0 fully saturated rings. The number of hydrogen-bond donors (Lipinski definition) is 1. The number of aryl methyl sites for hydroxylation is 1. The van der Waals surface area contributed by atoms with E-state index in [-0.39, 0.29) is 6.04 Å². The molecule has 1 atom stereocenters. The van der Waals surface area contributed by atoms with Crippen molar-refractivity contribution in [3.8, 4) is 0 Å². The lowest BCUT2D eigenvalue weighted by molar-refractivity contribution is 0.180. The Kier molecular flexibility index (Phi) is 7.17. The summed E-state index contributed by atoms with van der Waals surface area (Å²) in [6.45, 7) is 4.08. The zero-order valence-corrected chi connectivity index (χ0v) is 20.5. The molecule has 1 N–H and O–H groups in total. The fraction of sp³-hybridized carbons (Fsp3) is 0.333. The van der Waals surface area contributed by atoms with Crippen LogP contribution in [-0.2, 0) is 29.4 Å². The van der Waals surface area contributed by atoms with Gasteiger partial charge in [-0.05, 0) is 59.4 Å². The summed E-state index contributed by atoms with van der Waals surface area (Å²) in [7, 11) is 0.446. The lowest BCUT2D eigenvalue weighted by atomic mass is 9.96. The lowest BCUT2D eigenvalue weighted by Crippen LogP contribution is -2.40. The first-order valence-corrected chi connectivity index (χ1v) is 13.0. The Hall–Kier alpha value is -2.67. The summed E-state index contributed by atoms with van der Waals surface area (Å²) in [6, 6.07) is 24.0. The van der Waals surface area contributed by atoms with Crippen molar-refractivity contribution in [1.29, 1.82) is 0 Å². The van der Waals surface area contributed by atoms with E-state index >= 15 is 0 Å². The van der Waals surface area contributed by atoms with Crippen LogP contribution in [0.4, 0.5) is 5.69 Å². The van der Waals surface area contributed by atoms with E-state index in [1.54, 1.807) is 12.1 Å². The maximum atomic E-state index is 13.1. The first-order chi connectivity index (χ1) is 15.9. The van der Waals surface area contributed by atoms with E-state index in [1.807, 2.05) is 26.2 Å². The van der Waals surface area contributed by atoms with Crippen LogP contribution in [0.25, 0.3) is 0 Å². The fourth-order valence-corrected chi connectivity index (χ4v) is 5.45. The molecule has 0 aromatic heterocycles. The number of anilines is 1. The van der Waals surface area contributed by atoms with Crippen LogP contribution in [0.5, 0.6) is 0 Å². The summed E-state index contributed by atoms with van der Waals surface area (Å²) in [6.07, 6.45) is 1.85. The van der Waals surface area contributed by atoms with Gasteiger partial charge in [0.05, 0.1) is 4.90 Å². The predicted octanol–water partition coefficient (Wildman–Crippen LogP) is 4.39. The maximum Gasteiger partial charge on any atom is 0.240 e. The molecule has 33 heavy (non-hydrogen) atoms. The molecule has 5 nitrogen and oxygen atoms in total. The summed E-state index contributed by atoms with van der Waals surface area (Å²) in [5.41, 5.74) is 6.06. The lowest BCUT2D eigenvalue weighted by Gasteiger charge is -2.36. The number of sulfonamides is 1. The smallest absolute Gasteiger partial charge is 0.240 e. The monoisotopic (exact) mass is 463 g/mol. The van der Waals surface area contributed by atoms with Gasteiger partial charge in [0.15, 0.2) is 0 Å². The quantitative estimate of drug-likeness (QED) is 0.538. The van der Waals surface area contributed by atoms with Crippen molar-refractivity contribution in [2.45, 2.75) is 37.2 Å². The Morgan fingerprint density at radius 2 is 1.61 bits per heavy atom. The van der Waals surface area contributed by atoms with Crippen molar-refractivity contribution in [2.75, 3.05) is 32.1 Å². The van der Waals surface area contributed by atoms with Gasteiger partial charge in [-0.25, -0.2) is 13.1 Å². The van der Waals surface area contributed by atoms with Crippen molar-refractivity contribution in [1.82, 2.24) is 9.62 Å². The molecule has 0 radical (unpaired) electrons. The third-order valence-corrected chi connectivity index (χ3v) is 7.94. The van der Waals surface area contributed by atoms with E-state index < -0.39 is 10.0 Å². The zero-order valence-electron chi connectivity index (χ0n) is 19.7. The molecule has 0 spiro atoms. The average molecular weight is 464 g/mol. The molecule has 0 saturated heterocycles. The third-order valence-electron chi connectivity index (χ3n) is 6.50. The second kappa shape index (κ2) is 10.1. The summed E-state index contributed by atoms with van der Waals surface area (Å²) < 4.78 is 29.0. The fourth-order valence-electron chi connectivity index (χ4n) is 4.41. The number of hydrogen-bond acceptors (Lipinski definition) is 4. The molecule has 3 aromatic carbocycles. The van der Waals surface area contributed by atoms with Gasteiger partial charge in [0.25, 0.3) is 0 Å². The molecule has 3 aromatic rings. The van der Waals surface area contributed by atoms with Crippen molar-refractivity contribution in [2.24, 2.45) is 0 Å². The molecule has 174 valence electrons. The first-order valence-electron chi connectivity index (χ1n) is 11.5. The molecule has 1 heterocycles. The molecular weight excluding hydrogens is 430 g/mol. The molecule has 0 amide bonds. The van der Waals surface area contributed by atoms with E-state index in [2.05, 4.69) is 70.0 Å². The Balaban J connectivity index is 1.58. The molecule has 0 unspecified atom stereocenters. The van der Waals surface area contributed by atoms with Crippen LogP contribution in [0.1, 0.15) is 35.2 Å². The van der Waals surface area contributed by atoms with E-state index in [0.717, 1.165) is 42.7 Å². The molecule has 0 aliphatic carbocycles. The second-order valence-corrected chi connectivity index (χ2v) is 10.6. The predicted molar refractivity (Wildman–Crippen MR) is 135 cm³/mol. The van der Waals surface area contributed by atoms with Crippen molar-refractivity contribution in [3.05, 3.63) is 95.1 Å². The number of fused-ring (bicyclic) bond motifs is 1. The van der Waals surface area contributed by atoms with Gasteiger partial charge < -0.3 is 4.90 Å².